The van der Waals surface area contributed by atoms with E-state index in [1.807, 2.05) is 6.07 Å². The normalized spacial score (nSPS) is 12.8. The molecule has 29 heavy (non-hydrogen) atoms. The number of carbonyl (C=O) groups is 3. The largest absolute Gasteiger partial charge is 0.423 e. The number of carbonyl (C=O) groups excluding carboxylic acids is 3. The van der Waals surface area contributed by atoms with Gasteiger partial charge in [0.25, 0.3) is 11.8 Å². The van der Waals surface area contributed by atoms with Crippen LogP contribution in [0.15, 0.2) is 77.3 Å². The Morgan fingerprint density at radius 3 is 2.14 bits per heavy atom. The highest BCUT2D eigenvalue weighted by Gasteiger charge is 2.36. The van der Waals surface area contributed by atoms with Crippen LogP contribution in [-0.4, -0.2) is 22.8 Å². The Bertz CT molecular complexity index is 1080. The van der Waals surface area contributed by atoms with Crippen molar-refractivity contribution in [2.24, 2.45) is 0 Å². The molecule has 3 aromatic carbocycles. The minimum atomic E-state index is -0.506. The first-order valence-corrected chi connectivity index (χ1v) is 9.50. The zero-order chi connectivity index (χ0) is 20.4. The van der Waals surface area contributed by atoms with E-state index in [9.17, 15) is 14.4 Å². The van der Waals surface area contributed by atoms with Crippen LogP contribution in [0.2, 0.25) is 0 Å². The zero-order valence-electron chi connectivity index (χ0n) is 15.0. The number of fused-ring (bicyclic) bond motifs is 1. The molecule has 0 aromatic heterocycles. The van der Waals surface area contributed by atoms with Crippen molar-refractivity contribution in [1.29, 1.82) is 0 Å². The molecule has 0 bridgehead atoms. The van der Waals surface area contributed by atoms with Gasteiger partial charge in [-0.05, 0) is 48.0 Å². The van der Waals surface area contributed by atoms with Crippen LogP contribution in [0.5, 0.6) is 5.75 Å². The highest BCUT2D eigenvalue weighted by Crippen LogP contribution is 2.27. The number of ether oxygens (including phenoxy) is 1. The topological polar surface area (TPSA) is 72.9 Å². The molecule has 1 heterocycles. The van der Waals surface area contributed by atoms with Crippen molar-refractivity contribution >= 4 is 33.7 Å². The molecule has 0 N–H and O–H groups in total. The van der Waals surface area contributed by atoms with E-state index in [0.717, 1.165) is 5.06 Å². The van der Waals surface area contributed by atoms with Gasteiger partial charge in [-0.15, -0.1) is 5.06 Å². The Kier molecular flexibility index (Phi) is 5.24. The van der Waals surface area contributed by atoms with Crippen molar-refractivity contribution in [2.45, 2.75) is 6.61 Å². The Hall–Kier alpha value is -3.29. The molecule has 4 rings (SSSR count). The van der Waals surface area contributed by atoms with E-state index in [2.05, 4.69) is 15.9 Å². The molecule has 144 valence electrons. The molecule has 0 saturated carbocycles. The van der Waals surface area contributed by atoms with Gasteiger partial charge in [0.1, 0.15) is 12.4 Å². The smallest absolute Gasteiger partial charge is 0.343 e. The van der Waals surface area contributed by atoms with Crippen LogP contribution in [0.1, 0.15) is 36.6 Å². The van der Waals surface area contributed by atoms with Gasteiger partial charge < -0.3 is 4.74 Å². The lowest BCUT2D eigenvalue weighted by atomic mass is 10.1. The van der Waals surface area contributed by atoms with Crippen molar-refractivity contribution in [3.8, 4) is 5.75 Å². The Balaban J connectivity index is 1.47. The summed E-state index contributed by atoms with van der Waals surface area (Å²) in [5, 5.41) is 0.750. The van der Waals surface area contributed by atoms with Crippen LogP contribution in [0.4, 0.5) is 0 Å². The molecular weight excluding hydrogens is 438 g/mol. The van der Waals surface area contributed by atoms with Crippen LogP contribution in [0, 0.1) is 0 Å². The Morgan fingerprint density at radius 1 is 0.862 bits per heavy atom. The molecular formula is C22H14BrNO5. The molecule has 1 aliphatic rings. The summed E-state index contributed by atoms with van der Waals surface area (Å²) < 4.78 is 6.09. The average Bonchev–Trinajstić information content (AvgIpc) is 2.99. The second kappa shape index (κ2) is 7.98. The lowest BCUT2D eigenvalue weighted by molar-refractivity contribution is -0.101. The van der Waals surface area contributed by atoms with E-state index in [0.29, 0.717) is 32.5 Å². The lowest BCUT2D eigenvalue weighted by Crippen LogP contribution is -2.29. The quantitative estimate of drug-likeness (QED) is 0.326. The van der Waals surface area contributed by atoms with Gasteiger partial charge in [0.15, 0.2) is 0 Å². The fraction of sp³-hybridized carbons (Fsp3) is 0.0455. The maximum atomic E-state index is 12.4. The van der Waals surface area contributed by atoms with E-state index in [1.54, 1.807) is 66.7 Å². The monoisotopic (exact) mass is 451 g/mol. The first-order chi connectivity index (χ1) is 14.0. The minimum absolute atomic E-state index is 0.0667. The number of halogens is 1. The van der Waals surface area contributed by atoms with E-state index >= 15 is 0 Å². The number of rotatable bonds is 5. The maximum absolute atomic E-state index is 12.4. The van der Waals surface area contributed by atoms with Gasteiger partial charge in [-0.3, -0.25) is 14.4 Å². The molecule has 0 atom stereocenters. The highest BCUT2D eigenvalue weighted by atomic mass is 79.9. The number of hydrogen-bond acceptors (Lipinski definition) is 5. The summed E-state index contributed by atoms with van der Waals surface area (Å²) in [4.78, 5) is 42.5. The standard InChI is InChI=1S/C22H14BrNO5/c23-19-11-10-16(29-22(27)14-6-2-1-3-7-14)12-15(19)13-28-24-20(25)17-8-4-5-9-18(17)21(24)26/h1-12H,13H2. The van der Waals surface area contributed by atoms with Crippen LogP contribution in [0.3, 0.4) is 0 Å². The third kappa shape index (κ3) is 3.83. The van der Waals surface area contributed by atoms with Crippen molar-refractivity contribution in [3.63, 3.8) is 0 Å². The summed E-state index contributed by atoms with van der Waals surface area (Å²) >= 11 is 3.40. The Labute approximate surface area is 174 Å². The molecule has 7 heteroatoms. The predicted octanol–water partition coefficient (Wildman–Crippen LogP) is 4.40. The number of hydrogen-bond donors (Lipinski definition) is 0. The summed E-state index contributed by atoms with van der Waals surface area (Å²) in [6, 6.07) is 20.1. The third-order valence-corrected chi connectivity index (χ3v) is 5.12. The first-order valence-electron chi connectivity index (χ1n) is 8.71. The van der Waals surface area contributed by atoms with Gasteiger partial charge >= 0.3 is 5.97 Å². The van der Waals surface area contributed by atoms with E-state index in [1.165, 1.54) is 0 Å². The number of hydroxylamine groups is 2. The van der Waals surface area contributed by atoms with Gasteiger partial charge in [0.2, 0.25) is 0 Å². The molecule has 0 spiro atoms. The maximum Gasteiger partial charge on any atom is 0.343 e. The molecule has 0 radical (unpaired) electrons. The highest BCUT2D eigenvalue weighted by molar-refractivity contribution is 9.10. The molecule has 0 saturated heterocycles. The number of amides is 2. The second-order valence-corrected chi connectivity index (χ2v) is 7.09. The number of imide groups is 1. The number of benzene rings is 3. The SMILES string of the molecule is O=C(Oc1ccc(Br)c(CON2C(=O)c3ccccc3C2=O)c1)c1ccccc1. The van der Waals surface area contributed by atoms with Gasteiger partial charge in [-0.2, -0.15) is 0 Å². The fourth-order valence-corrected chi connectivity index (χ4v) is 3.24. The summed E-state index contributed by atoms with van der Waals surface area (Å²) in [6.07, 6.45) is 0. The van der Waals surface area contributed by atoms with E-state index in [4.69, 9.17) is 9.57 Å². The van der Waals surface area contributed by atoms with E-state index in [-0.39, 0.29) is 6.61 Å². The van der Waals surface area contributed by atoms with Crippen LogP contribution >= 0.6 is 15.9 Å². The molecule has 0 fully saturated rings. The van der Waals surface area contributed by atoms with E-state index < -0.39 is 17.8 Å². The van der Waals surface area contributed by atoms with Crippen molar-refractivity contribution in [3.05, 3.63) is 99.5 Å². The number of esters is 1. The van der Waals surface area contributed by atoms with Crippen LogP contribution in [-0.2, 0) is 11.4 Å². The minimum Gasteiger partial charge on any atom is -0.423 e. The molecule has 2 amide bonds. The second-order valence-electron chi connectivity index (χ2n) is 6.23. The number of nitrogens with zero attached hydrogens (tertiary/aromatic N) is 1. The molecule has 6 nitrogen and oxygen atoms in total. The van der Waals surface area contributed by atoms with Crippen LogP contribution < -0.4 is 4.74 Å². The third-order valence-electron chi connectivity index (χ3n) is 4.34. The van der Waals surface area contributed by atoms with Gasteiger partial charge in [-0.25, -0.2) is 4.79 Å². The lowest BCUT2D eigenvalue weighted by Gasteiger charge is -2.15. The summed E-state index contributed by atoms with van der Waals surface area (Å²) in [6.45, 7) is -0.0667. The van der Waals surface area contributed by atoms with Gasteiger partial charge in [0, 0.05) is 4.47 Å². The van der Waals surface area contributed by atoms with Crippen LogP contribution in [0.25, 0.3) is 0 Å². The predicted molar refractivity (Wildman–Crippen MR) is 107 cm³/mol. The summed E-state index contributed by atoms with van der Waals surface area (Å²) in [5.74, 6) is -1.18. The van der Waals surface area contributed by atoms with Gasteiger partial charge in [0.05, 0.1) is 16.7 Å². The molecule has 1 aliphatic heterocycles. The Morgan fingerprint density at radius 2 is 1.48 bits per heavy atom. The molecule has 3 aromatic rings. The van der Waals surface area contributed by atoms with Gasteiger partial charge in [-0.1, -0.05) is 46.3 Å². The van der Waals surface area contributed by atoms with Crippen molar-refractivity contribution < 1.29 is 24.0 Å². The fourth-order valence-electron chi connectivity index (χ4n) is 2.88. The van der Waals surface area contributed by atoms with Crippen molar-refractivity contribution in [1.82, 2.24) is 5.06 Å². The average molecular weight is 452 g/mol. The molecule has 0 unspecified atom stereocenters. The first kappa shape index (κ1) is 19.0. The summed E-state index contributed by atoms with van der Waals surface area (Å²) in [5.41, 5.74) is 1.66. The summed E-state index contributed by atoms with van der Waals surface area (Å²) in [7, 11) is 0. The van der Waals surface area contributed by atoms with Crippen molar-refractivity contribution in [2.75, 3.05) is 0 Å². The zero-order valence-corrected chi connectivity index (χ0v) is 16.6. The molecule has 0 aliphatic carbocycles.